The molecule has 3 aromatic rings. The Balaban J connectivity index is 1.76. The zero-order valence-corrected chi connectivity index (χ0v) is 17.0. The topological polar surface area (TPSA) is 56.7 Å². The average Bonchev–Trinajstić information content (AvgIpc) is 2.75. The van der Waals surface area contributed by atoms with Gasteiger partial charge in [0.25, 0.3) is 0 Å². The first-order chi connectivity index (χ1) is 14.0. The molecule has 0 amide bonds. The quantitative estimate of drug-likeness (QED) is 0.709. The van der Waals surface area contributed by atoms with Crippen molar-refractivity contribution in [3.05, 3.63) is 71.9 Å². The molecule has 1 fully saturated rings. The first kappa shape index (κ1) is 19.4. The van der Waals surface area contributed by atoms with Crippen molar-refractivity contribution in [2.24, 2.45) is 5.92 Å². The second-order valence-corrected chi connectivity index (χ2v) is 7.95. The number of carboxylic acid groups (broad SMARTS) is 1. The van der Waals surface area contributed by atoms with Crippen LogP contribution in [0.4, 0.5) is 5.69 Å². The Bertz CT molecular complexity index is 987. The van der Waals surface area contributed by atoms with Crippen molar-refractivity contribution >= 4 is 22.6 Å². The van der Waals surface area contributed by atoms with Gasteiger partial charge in [0.2, 0.25) is 0 Å². The molecule has 1 atom stereocenters. The van der Waals surface area contributed by atoms with Crippen molar-refractivity contribution in [2.45, 2.75) is 18.9 Å². The van der Waals surface area contributed by atoms with Gasteiger partial charge in [-0.15, -0.1) is 0 Å². The van der Waals surface area contributed by atoms with Crippen molar-refractivity contribution in [2.75, 3.05) is 32.1 Å². The molecule has 0 bridgehead atoms. The van der Waals surface area contributed by atoms with Gasteiger partial charge in [-0.05, 0) is 61.3 Å². The van der Waals surface area contributed by atoms with Crippen LogP contribution in [0.5, 0.6) is 0 Å². The number of carboxylic acids is 1. The lowest BCUT2D eigenvalue weighted by atomic mass is 9.90. The fourth-order valence-electron chi connectivity index (χ4n) is 4.30. The highest BCUT2D eigenvalue weighted by molar-refractivity contribution is 5.83. The third-order valence-corrected chi connectivity index (χ3v) is 5.95. The van der Waals surface area contributed by atoms with Crippen molar-refractivity contribution in [1.29, 1.82) is 0 Å². The lowest BCUT2D eigenvalue weighted by molar-refractivity contribution is -0.143. The highest BCUT2D eigenvalue weighted by Gasteiger charge is 2.31. The molecule has 0 aliphatic carbocycles. The van der Waals surface area contributed by atoms with E-state index in [2.05, 4.69) is 57.2 Å². The van der Waals surface area contributed by atoms with Gasteiger partial charge in [0.05, 0.1) is 17.5 Å². The molecule has 29 heavy (non-hydrogen) atoms. The molecule has 0 saturated carbocycles. The number of hydrogen-bond donors (Lipinski definition) is 1. The lowest BCUT2D eigenvalue weighted by Gasteiger charge is -2.37. The van der Waals surface area contributed by atoms with E-state index in [1.54, 1.807) is 0 Å². The zero-order valence-electron chi connectivity index (χ0n) is 17.0. The number of likely N-dealkylation sites (tertiary alicyclic amines) is 1. The molecule has 150 valence electrons. The summed E-state index contributed by atoms with van der Waals surface area (Å²) in [5.41, 5.74) is 4.60. The number of pyridine rings is 1. The summed E-state index contributed by atoms with van der Waals surface area (Å²) in [5, 5.41) is 10.5. The van der Waals surface area contributed by atoms with E-state index in [0.717, 1.165) is 29.7 Å². The number of hydrogen-bond acceptors (Lipinski definition) is 4. The van der Waals surface area contributed by atoms with Crippen LogP contribution in [0.3, 0.4) is 0 Å². The van der Waals surface area contributed by atoms with E-state index in [1.807, 2.05) is 32.4 Å². The van der Waals surface area contributed by atoms with E-state index >= 15 is 0 Å². The maximum absolute atomic E-state index is 11.4. The number of aliphatic carboxylic acids is 1. The number of rotatable bonds is 5. The van der Waals surface area contributed by atoms with E-state index in [4.69, 9.17) is 0 Å². The molecule has 2 aromatic carbocycles. The fraction of sp³-hybridized carbons (Fsp3) is 0.333. The monoisotopic (exact) mass is 389 g/mol. The van der Waals surface area contributed by atoms with Gasteiger partial charge >= 0.3 is 5.97 Å². The Morgan fingerprint density at radius 1 is 1.07 bits per heavy atom. The maximum atomic E-state index is 11.4. The number of aromatic nitrogens is 1. The molecular weight excluding hydrogens is 362 g/mol. The minimum Gasteiger partial charge on any atom is -0.481 e. The minimum atomic E-state index is -0.675. The van der Waals surface area contributed by atoms with E-state index in [1.165, 1.54) is 11.1 Å². The number of benzene rings is 2. The molecular formula is C24H27N3O2. The van der Waals surface area contributed by atoms with Crippen LogP contribution in [0.15, 0.2) is 60.8 Å². The molecule has 1 N–H and O–H groups in total. The van der Waals surface area contributed by atoms with Gasteiger partial charge in [0, 0.05) is 31.4 Å². The predicted molar refractivity (Wildman–Crippen MR) is 116 cm³/mol. The Kier molecular flexibility index (Phi) is 5.49. The van der Waals surface area contributed by atoms with Crippen LogP contribution in [0.1, 0.15) is 30.0 Å². The van der Waals surface area contributed by atoms with Crippen LogP contribution >= 0.6 is 0 Å². The SMILES string of the molecule is CN(C)c1ccc(C(c2ccnc3ccccc23)N2CCC(C(=O)O)CC2)cc1. The number of para-hydroxylation sites is 1. The molecule has 1 aliphatic rings. The second-order valence-electron chi connectivity index (χ2n) is 7.95. The fourth-order valence-corrected chi connectivity index (χ4v) is 4.30. The number of fused-ring (bicyclic) bond motifs is 1. The highest BCUT2D eigenvalue weighted by Crippen LogP contribution is 2.36. The Hall–Kier alpha value is -2.92. The normalized spacial score (nSPS) is 16.6. The van der Waals surface area contributed by atoms with E-state index in [0.29, 0.717) is 12.8 Å². The zero-order chi connectivity index (χ0) is 20.4. The summed E-state index contributed by atoms with van der Waals surface area (Å²) >= 11 is 0. The lowest BCUT2D eigenvalue weighted by Crippen LogP contribution is -2.39. The van der Waals surface area contributed by atoms with E-state index < -0.39 is 5.97 Å². The summed E-state index contributed by atoms with van der Waals surface area (Å²) in [7, 11) is 4.08. The third kappa shape index (κ3) is 3.96. The van der Waals surface area contributed by atoms with Crippen LogP contribution < -0.4 is 4.90 Å². The largest absolute Gasteiger partial charge is 0.481 e. The number of piperidine rings is 1. The average molecular weight is 389 g/mol. The summed E-state index contributed by atoms with van der Waals surface area (Å²) in [5.74, 6) is -0.914. The first-order valence-corrected chi connectivity index (χ1v) is 10.1. The molecule has 2 heterocycles. The van der Waals surface area contributed by atoms with Crippen molar-refractivity contribution in [1.82, 2.24) is 9.88 Å². The Labute approximate surface area is 171 Å². The second kappa shape index (κ2) is 8.21. The molecule has 1 unspecified atom stereocenters. The van der Waals surface area contributed by atoms with E-state index in [9.17, 15) is 9.90 Å². The van der Waals surface area contributed by atoms with Gasteiger partial charge in [-0.1, -0.05) is 30.3 Å². The molecule has 1 aliphatic heterocycles. The van der Waals surface area contributed by atoms with Crippen LogP contribution in [-0.2, 0) is 4.79 Å². The molecule has 0 spiro atoms. The van der Waals surface area contributed by atoms with Gasteiger partial charge in [-0.2, -0.15) is 0 Å². The molecule has 0 radical (unpaired) electrons. The molecule has 5 nitrogen and oxygen atoms in total. The number of nitrogens with zero attached hydrogens (tertiary/aromatic N) is 3. The van der Waals surface area contributed by atoms with Crippen LogP contribution in [0.2, 0.25) is 0 Å². The molecule has 5 heteroatoms. The number of anilines is 1. The summed E-state index contributed by atoms with van der Waals surface area (Å²) in [4.78, 5) is 20.5. The standard InChI is InChI=1S/C24H27N3O2/c1-26(2)19-9-7-17(8-10-19)23(27-15-12-18(13-16-27)24(28)29)21-11-14-25-22-6-4-3-5-20(21)22/h3-11,14,18,23H,12-13,15-16H2,1-2H3,(H,28,29). The van der Waals surface area contributed by atoms with Crippen LogP contribution in [0, 0.1) is 5.92 Å². The minimum absolute atomic E-state index is 0.0776. The smallest absolute Gasteiger partial charge is 0.306 e. The van der Waals surface area contributed by atoms with Gasteiger partial charge in [0.15, 0.2) is 0 Å². The first-order valence-electron chi connectivity index (χ1n) is 10.1. The molecule has 1 aromatic heterocycles. The van der Waals surface area contributed by atoms with Gasteiger partial charge in [-0.3, -0.25) is 14.7 Å². The Morgan fingerprint density at radius 2 is 1.76 bits per heavy atom. The molecule has 4 rings (SSSR count). The number of carbonyl (C=O) groups is 1. The summed E-state index contributed by atoms with van der Waals surface area (Å²) < 4.78 is 0. The highest BCUT2D eigenvalue weighted by atomic mass is 16.4. The third-order valence-electron chi connectivity index (χ3n) is 5.95. The summed E-state index contributed by atoms with van der Waals surface area (Å²) in [6.45, 7) is 1.54. The summed E-state index contributed by atoms with van der Waals surface area (Å²) in [6.07, 6.45) is 3.25. The van der Waals surface area contributed by atoms with E-state index in [-0.39, 0.29) is 12.0 Å². The van der Waals surface area contributed by atoms with Gasteiger partial charge < -0.3 is 10.0 Å². The van der Waals surface area contributed by atoms with Gasteiger partial charge in [-0.25, -0.2) is 0 Å². The van der Waals surface area contributed by atoms with Gasteiger partial charge in [0.1, 0.15) is 0 Å². The Morgan fingerprint density at radius 3 is 2.41 bits per heavy atom. The predicted octanol–water partition coefficient (Wildman–Crippen LogP) is 4.19. The van der Waals surface area contributed by atoms with Crippen molar-refractivity contribution in [3.63, 3.8) is 0 Å². The van der Waals surface area contributed by atoms with Crippen LogP contribution in [0.25, 0.3) is 10.9 Å². The molecule has 1 saturated heterocycles. The van der Waals surface area contributed by atoms with Crippen molar-refractivity contribution < 1.29 is 9.90 Å². The summed E-state index contributed by atoms with van der Waals surface area (Å²) in [6, 6.07) is 19.1. The van der Waals surface area contributed by atoms with Crippen LogP contribution in [-0.4, -0.2) is 48.1 Å². The van der Waals surface area contributed by atoms with Crippen molar-refractivity contribution in [3.8, 4) is 0 Å². The maximum Gasteiger partial charge on any atom is 0.306 e.